The fraction of sp³-hybridized carbons (Fsp3) is 0.448. The molecule has 1 aliphatic heterocycles. The molecule has 4 rings (SSSR count). The Hall–Kier alpha value is -2.65. The number of carbonyl (C=O) groups excluding carboxylic acids is 1. The van der Waals surface area contributed by atoms with Crippen molar-refractivity contribution in [2.45, 2.75) is 46.6 Å². The number of nitrogens with zero attached hydrogens (tertiary/aromatic N) is 4. The molecule has 0 bridgehead atoms. The predicted octanol–water partition coefficient (Wildman–Crippen LogP) is 4.65. The molecule has 10 heteroatoms. The lowest BCUT2D eigenvalue weighted by molar-refractivity contribution is 0.0847. The van der Waals surface area contributed by atoms with Crippen LogP contribution in [0.4, 0.5) is 10.1 Å². The molecule has 1 aliphatic rings. The van der Waals surface area contributed by atoms with Gasteiger partial charge in [0, 0.05) is 57.1 Å². The first-order valence-corrected chi connectivity index (χ1v) is 13.1. The summed E-state index contributed by atoms with van der Waals surface area (Å²) in [6.45, 7) is 12.4. The summed E-state index contributed by atoms with van der Waals surface area (Å²) >= 11 is 0. The second-order valence-electron chi connectivity index (χ2n) is 9.89. The summed E-state index contributed by atoms with van der Waals surface area (Å²) in [4.78, 5) is 22.2. The zero-order valence-electron chi connectivity index (χ0n) is 23.1. The number of aliphatic hydroxyl groups excluding tert-OH is 1. The average molecular weight is 581 g/mol. The van der Waals surface area contributed by atoms with E-state index in [0.717, 1.165) is 44.1 Å². The summed E-state index contributed by atoms with van der Waals surface area (Å²) in [5.74, 6) is 0.144. The Morgan fingerprint density at radius 3 is 2.36 bits per heavy atom. The molecule has 0 aliphatic carbocycles. The lowest BCUT2D eigenvalue weighted by atomic mass is 10.1. The number of aryl methyl sites for hydroxylation is 2. The molecular weight excluding hydrogens is 540 g/mol. The normalized spacial score (nSPS) is 14.4. The third kappa shape index (κ3) is 7.72. The second-order valence-corrected chi connectivity index (χ2v) is 9.89. The van der Waals surface area contributed by atoms with Gasteiger partial charge in [0.25, 0.3) is 5.91 Å². The third-order valence-corrected chi connectivity index (χ3v) is 7.21. The van der Waals surface area contributed by atoms with Gasteiger partial charge in [0.05, 0.1) is 11.8 Å². The van der Waals surface area contributed by atoms with Crippen LogP contribution in [-0.4, -0.2) is 70.8 Å². The van der Waals surface area contributed by atoms with Crippen LogP contribution in [0.25, 0.3) is 5.69 Å². The Bertz CT molecular complexity index is 1230. The molecule has 1 fully saturated rings. The van der Waals surface area contributed by atoms with Crippen LogP contribution >= 0.6 is 24.8 Å². The Morgan fingerprint density at radius 2 is 1.72 bits per heavy atom. The van der Waals surface area contributed by atoms with Gasteiger partial charge < -0.3 is 19.9 Å². The highest BCUT2D eigenvalue weighted by Gasteiger charge is 2.23. The van der Waals surface area contributed by atoms with E-state index in [1.165, 1.54) is 28.9 Å². The van der Waals surface area contributed by atoms with E-state index in [1.54, 1.807) is 12.1 Å². The van der Waals surface area contributed by atoms with Gasteiger partial charge in [-0.2, -0.15) is 0 Å². The predicted molar refractivity (Wildman–Crippen MR) is 160 cm³/mol. The average Bonchev–Trinajstić information content (AvgIpc) is 3.21. The van der Waals surface area contributed by atoms with Crippen molar-refractivity contribution in [3.63, 3.8) is 0 Å². The lowest BCUT2D eigenvalue weighted by Gasteiger charge is -2.37. The molecule has 2 aromatic carbocycles. The van der Waals surface area contributed by atoms with Crippen LogP contribution in [-0.2, 0) is 6.42 Å². The highest BCUT2D eigenvalue weighted by molar-refractivity contribution is 5.93. The number of imidazole rings is 1. The molecule has 1 unspecified atom stereocenters. The van der Waals surface area contributed by atoms with Gasteiger partial charge in [-0.1, -0.05) is 19.1 Å². The van der Waals surface area contributed by atoms with Crippen molar-refractivity contribution in [3.05, 3.63) is 76.6 Å². The molecule has 1 aromatic heterocycles. The monoisotopic (exact) mass is 579 g/mol. The molecule has 7 nitrogen and oxygen atoms in total. The number of carbonyl (C=O) groups is 1. The van der Waals surface area contributed by atoms with Crippen molar-refractivity contribution >= 4 is 36.4 Å². The molecule has 1 saturated heterocycles. The number of amides is 1. The largest absolute Gasteiger partial charge is 0.390 e. The van der Waals surface area contributed by atoms with Crippen LogP contribution in [0.1, 0.15) is 46.5 Å². The summed E-state index contributed by atoms with van der Waals surface area (Å²) in [7, 11) is 0. The van der Waals surface area contributed by atoms with Crippen molar-refractivity contribution in [1.29, 1.82) is 0 Å². The highest BCUT2D eigenvalue weighted by Crippen LogP contribution is 2.24. The number of aromatic nitrogens is 2. The topological polar surface area (TPSA) is 73.6 Å². The molecule has 0 spiro atoms. The van der Waals surface area contributed by atoms with Gasteiger partial charge in [-0.15, -0.1) is 24.8 Å². The smallest absolute Gasteiger partial charge is 0.271 e. The number of β-amino-alcohol motifs (C(OH)–C–C–N with tert-alkyl or cyclic N) is 1. The number of halogens is 3. The van der Waals surface area contributed by atoms with E-state index >= 15 is 0 Å². The quantitative estimate of drug-likeness (QED) is 0.386. The first kappa shape index (κ1) is 32.6. The maximum atomic E-state index is 13.4. The maximum Gasteiger partial charge on any atom is 0.271 e. The highest BCUT2D eigenvalue weighted by atomic mass is 35.5. The standard InChI is InChI=1S/C29H38FN5O2.2ClH/c1-5-7-27-32-28(22(4)35(27)24-12-10-23(30)11-13-24)29(37)31-18-25(36)19-33-14-16-34(17-15-33)26-9-6-8-20(2)21(26)3;;/h6,8-13,25,36H,5,7,14-19H2,1-4H3,(H,31,37);2*1H. The molecule has 214 valence electrons. The molecule has 2 N–H and O–H groups in total. The van der Waals surface area contributed by atoms with E-state index in [0.29, 0.717) is 24.4 Å². The van der Waals surface area contributed by atoms with Crippen LogP contribution in [0, 0.1) is 26.6 Å². The van der Waals surface area contributed by atoms with Gasteiger partial charge in [-0.3, -0.25) is 9.69 Å². The Labute approximate surface area is 243 Å². The van der Waals surface area contributed by atoms with Gasteiger partial charge in [0.2, 0.25) is 0 Å². The molecular formula is C29H40Cl2FN5O2. The van der Waals surface area contributed by atoms with E-state index < -0.39 is 6.10 Å². The minimum atomic E-state index is -0.675. The minimum Gasteiger partial charge on any atom is -0.390 e. The van der Waals surface area contributed by atoms with Crippen LogP contribution < -0.4 is 10.2 Å². The molecule has 2 heterocycles. The number of benzene rings is 2. The number of piperazine rings is 1. The third-order valence-electron chi connectivity index (χ3n) is 7.21. The van der Waals surface area contributed by atoms with Crippen LogP contribution in [0.5, 0.6) is 0 Å². The van der Waals surface area contributed by atoms with E-state index in [4.69, 9.17) is 0 Å². The van der Waals surface area contributed by atoms with E-state index in [9.17, 15) is 14.3 Å². The SMILES string of the molecule is CCCc1nc(C(=O)NCC(O)CN2CCN(c3cccc(C)c3C)CC2)c(C)n1-c1ccc(F)cc1.Cl.Cl. The lowest BCUT2D eigenvalue weighted by Crippen LogP contribution is -2.50. The van der Waals surface area contributed by atoms with Crippen LogP contribution in [0.2, 0.25) is 0 Å². The zero-order valence-corrected chi connectivity index (χ0v) is 24.7. The number of hydrogen-bond donors (Lipinski definition) is 2. The molecule has 0 radical (unpaired) electrons. The summed E-state index contributed by atoms with van der Waals surface area (Å²) in [6.07, 6.45) is 0.891. The fourth-order valence-corrected chi connectivity index (χ4v) is 5.01. The number of anilines is 1. The van der Waals surface area contributed by atoms with Gasteiger partial charge in [-0.25, -0.2) is 9.37 Å². The maximum absolute atomic E-state index is 13.4. The first-order chi connectivity index (χ1) is 17.8. The molecule has 0 saturated carbocycles. The second kappa shape index (κ2) is 14.7. The van der Waals surface area contributed by atoms with Crippen LogP contribution in [0.15, 0.2) is 42.5 Å². The summed E-state index contributed by atoms with van der Waals surface area (Å²) in [5.41, 5.74) is 5.70. The Kier molecular flexibility index (Phi) is 12.2. The Morgan fingerprint density at radius 1 is 1.05 bits per heavy atom. The molecule has 1 atom stereocenters. The zero-order chi connectivity index (χ0) is 26.5. The molecule has 3 aromatic rings. The van der Waals surface area contributed by atoms with Gasteiger partial charge >= 0.3 is 0 Å². The van der Waals surface area contributed by atoms with Crippen molar-refractivity contribution in [2.75, 3.05) is 44.2 Å². The van der Waals surface area contributed by atoms with Crippen molar-refractivity contribution < 1.29 is 14.3 Å². The number of nitrogens with one attached hydrogen (secondary N) is 1. The van der Waals surface area contributed by atoms with E-state index in [-0.39, 0.29) is 43.1 Å². The summed E-state index contributed by atoms with van der Waals surface area (Å²) in [6, 6.07) is 12.6. The van der Waals surface area contributed by atoms with Crippen LogP contribution in [0.3, 0.4) is 0 Å². The fourth-order valence-electron chi connectivity index (χ4n) is 5.01. The van der Waals surface area contributed by atoms with Gasteiger partial charge in [0.1, 0.15) is 17.3 Å². The van der Waals surface area contributed by atoms with Crippen molar-refractivity contribution in [3.8, 4) is 5.69 Å². The number of hydrogen-bond acceptors (Lipinski definition) is 5. The van der Waals surface area contributed by atoms with Crippen molar-refractivity contribution in [1.82, 2.24) is 19.8 Å². The number of rotatable bonds is 9. The summed E-state index contributed by atoms with van der Waals surface area (Å²) < 4.78 is 15.3. The van der Waals surface area contributed by atoms with Gasteiger partial charge in [-0.05, 0) is 68.7 Å². The van der Waals surface area contributed by atoms with Crippen molar-refractivity contribution in [2.24, 2.45) is 0 Å². The van der Waals surface area contributed by atoms with E-state index in [2.05, 4.69) is 59.1 Å². The summed E-state index contributed by atoms with van der Waals surface area (Å²) in [5, 5.41) is 13.5. The van der Waals surface area contributed by atoms with Gasteiger partial charge in [0.15, 0.2) is 0 Å². The molecule has 1 amide bonds. The first-order valence-electron chi connectivity index (χ1n) is 13.1. The molecule has 39 heavy (non-hydrogen) atoms. The Balaban J connectivity index is 0.00000267. The van der Waals surface area contributed by atoms with E-state index in [1.807, 2.05) is 11.5 Å². The minimum absolute atomic E-state index is 0. The number of aliphatic hydroxyl groups is 1.